The van der Waals surface area contributed by atoms with Gasteiger partial charge < -0.3 is 15.2 Å². The molecule has 1 aliphatic heterocycles. The minimum Gasteiger partial charge on any atom is -0.357 e. The highest BCUT2D eigenvalue weighted by Gasteiger charge is 2.22. The number of aryl methyl sites for hydroxylation is 2. The maximum Gasteiger partial charge on any atom is 0.191 e. The first kappa shape index (κ1) is 14.4. The summed E-state index contributed by atoms with van der Waals surface area (Å²) in [4.78, 5) is 4.76. The number of hydrogen-bond acceptors (Lipinski definition) is 3. The summed E-state index contributed by atoms with van der Waals surface area (Å²) in [7, 11) is 0. The number of rotatable bonds is 5. The highest BCUT2D eigenvalue weighted by molar-refractivity contribution is 5.79. The monoisotopic (exact) mass is 290 g/mol. The molecule has 1 atom stereocenters. The molecule has 21 heavy (non-hydrogen) atoms. The SMILES string of the molecule is CCNC(=NCC1CCc2nnc(C)n2C1)NCC1CC1. The van der Waals surface area contributed by atoms with Gasteiger partial charge in [-0.2, -0.15) is 0 Å². The molecule has 1 aliphatic carbocycles. The fourth-order valence-corrected chi connectivity index (χ4v) is 2.80. The van der Waals surface area contributed by atoms with E-state index in [1.807, 2.05) is 6.92 Å². The van der Waals surface area contributed by atoms with Crippen LogP contribution in [0.1, 0.15) is 37.8 Å². The summed E-state index contributed by atoms with van der Waals surface area (Å²) in [6.07, 6.45) is 4.91. The van der Waals surface area contributed by atoms with E-state index in [0.717, 1.165) is 62.5 Å². The molecular weight excluding hydrogens is 264 g/mol. The van der Waals surface area contributed by atoms with E-state index >= 15 is 0 Å². The van der Waals surface area contributed by atoms with Gasteiger partial charge in [-0.25, -0.2) is 0 Å². The maximum absolute atomic E-state index is 4.76. The van der Waals surface area contributed by atoms with Gasteiger partial charge in [0.15, 0.2) is 5.96 Å². The molecule has 1 fully saturated rings. The van der Waals surface area contributed by atoms with Crippen molar-refractivity contribution in [3.05, 3.63) is 11.6 Å². The lowest BCUT2D eigenvalue weighted by Crippen LogP contribution is -2.39. The molecule has 1 aromatic rings. The summed E-state index contributed by atoms with van der Waals surface area (Å²) >= 11 is 0. The quantitative estimate of drug-likeness (QED) is 0.630. The summed E-state index contributed by atoms with van der Waals surface area (Å²) in [6, 6.07) is 0. The number of nitrogens with zero attached hydrogens (tertiary/aromatic N) is 4. The zero-order chi connectivity index (χ0) is 14.7. The fraction of sp³-hybridized carbons (Fsp3) is 0.800. The molecule has 2 N–H and O–H groups in total. The minimum absolute atomic E-state index is 0.587. The smallest absolute Gasteiger partial charge is 0.191 e. The summed E-state index contributed by atoms with van der Waals surface area (Å²) in [5, 5.41) is 15.2. The van der Waals surface area contributed by atoms with Gasteiger partial charge in [0.05, 0.1) is 0 Å². The van der Waals surface area contributed by atoms with Crippen molar-refractivity contribution in [2.24, 2.45) is 16.8 Å². The molecule has 0 bridgehead atoms. The van der Waals surface area contributed by atoms with Crippen LogP contribution in [0, 0.1) is 18.8 Å². The predicted octanol–water partition coefficient (Wildman–Crippen LogP) is 1.11. The molecule has 1 saturated carbocycles. The van der Waals surface area contributed by atoms with Crippen LogP contribution >= 0.6 is 0 Å². The van der Waals surface area contributed by atoms with Gasteiger partial charge in [-0.05, 0) is 44.9 Å². The van der Waals surface area contributed by atoms with Crippen LogP contribution < -0.4 is 10.6 Å². The molecule has 2 aliphatic rings. The van der Waals surface area contributed by atoms with Crippen molar-refractivity contribution >= 4 is 5.96 Å². The second-order valence-corrected chi connectivity index (χ2v) is 6.22. The lowest BCUT2D eigenvalue weighted by Gasteiger charge is -2.23. The average molecular weight is 290 g/mol. The van der Waals surface area contributed by atoms with Crippen LogP contribution in [0.2, 0.25) is 0 Å². The third kappa shape index (κ3) is 3.74. The van der Waals surface area contributed by atoms with Crippen LogP contribution in [-0.4, -0.2) is 40.4 Å². The van der Waals surface area contributed by atoms with Gasteiger partial charge in [-0.15, -0.1) is 10.2 Å². The standard InChI is InChI=1S/C15H26N6/c1-3-16-15(17-8-12-4-5-12)18-9-13-6-7-14-20-19-11(2)21(14)10-13/h12-13H,3-10H2,1-2H3,(H2,16,17,18). The molecule has 3 rings (SSSR count). The van der Waals surface area contributed by atoms with E-state index in [2.05, 4.69) is 32.3 Å². The summed E-state index contributed by atoms with van der Waals surface area (Å²) in [6.45, 7) is 7.99. The number of nitrogens with one attached hydrogen (secondary N) is 2. The lowest BCUT2D eigenvalue weighted by molar-refractivity contribution is 0.369. The van der Waals surface area contributed by atoms with E-state index in [4.69, 9.17) is 4.99 Å². The molecule has 6 heteroatoms. The normalized spacial score (nSPS) is 22.0. The van der Waals surface area contributed by atoms with E-state index in [1.165, 1.54) is 12.8 Å². The Bertz CT molecular complexity index is 502. The van der Waals surface area contributed by atoms with E-state index in [0.29, 0.717) is 5.92 Å². The highest BCUT2D eigenvalue weighted by Crippen LogP contribution is 2.27. The molecule has 0 saturated heterocycles. The van der Waals surface area contributed by atoms with Crippen molar-refractivity contribution in [3.8, 4) is 0 Å². The van der Waals surface area contributed by atoms with Crippen LogP contribution in [0.25, 0.3) is 0 Å². The summed E-state index contributed by atoms with van der Waals surface area (Å²) in [5.74, 6) is 4.58. The number of aromatic nitrogens is 3. The Labute approximate surface area is 126 Å². The van der Waals surface area contributed by atoms with Crippen molar-refractivity contribution in [1.29, 1.82) is 0 Å². The first-order valence-electron chi connectivity index (χ1n) is 8.17. The third-order valence-corrected chi connectivity index (χ3v) is 4.34. The molecule has 0 aromatic carbocycles. The molecule has 6 nitrogen and oxygen atoms in total. The second-order valence-electron chi connectivity index (χ2n) is 6.22. The summed E-state index contributed by atoms with van der Waals surface area (Å²) in [5.41, 5.74) is 0. The van der Waals surface area contributed by atoms with Gasteiger partial charge >= 0.3 is 0 Å². The largest absolute Gasteiger partial charge is 0.357 e. The van der Waals surface area contributed by atoms with Gasteiger partial charge in [0, 0.05) is 32.6 Å². The van der Waals surface area contributed by atoms with Crippen LogP contribution in [0.4, 0.5) is 0 Å². The Morgan fingerprint density at radius 2 is 2.10 bits per heavy atom. The van der Waals surface area contributed by atoms with Gasteiger partial charge in [0.1, 0.15) is 11.6 Å². The first-order valence-corrected chi connectivity index (χ1v) is 8.17. The van der Waals surface area contributed by atoms with Crippen molar-refractivity contribution < 1.29 is 0 Å². The molecule has 0 amide bonds. The van der Waals surface area contributed by atoms with Crippen LogP contribution in [0.15, 0.2) is 4.99 Å². The number of guanidine groups is 1. The van der Waals surface area contributed by atoms with Crippen molar-refractivity contribution in [3.63, 3.8) is 0 Å². The van der Waals surface area contributed by atoms with Crippen molar-refractivity contribution in [2.45, 2.75) is 46.1 Å². The van der Waals surface area contributed by atoms with Crippen LogP contribution in [0.5, 0.6) is 0 Å². The van der Waals surface area contributed by atoms with Gasteiger partial charge in [-0.3, -0.25) is 4.99 Å². The molecule has 116 valence electrons. The fourth-order valence-electron chi connectivity index (χ4n) is 2.80. The lowest BCUT2D eigenvalue weighted by atomic mass is 9.99. The molecule has 1 unspecified atom stereocenters. The van der Waals surface area contributed by atoms with Crippen LogP contribution in [-0.2, 0) is 13.0 Å². The zero-order valence-electron chi connectivity index (χ0n) is 13.1. The number of aliphatic imine (C=N–C) groups is 1. The van der Waals surface area contributed by atoms with Crippen LogP contribution in [0.3, 0.4) is 0 Å². The summed E-state index contributed by atoms with van der Waals surface area (Å²) < 4.78 is 2.24. The molecule has 0 radical (unpaired) electrons. The molecule has 0 spiro atoms. The minimum atomic E-state index is 0.587. The Morgan fingerprint density at radius 3 is 2.86 bits per heavy atom. The molecule has 2 heterocycles. The molecular formula is C15H26N6. The van der Waals surface area contributed by atoms with Gasteiger partial charge in [0.2, 0.25) is 0 Å². The van der Waals surface area contributed by atoms with E-state index in [9.17, 15) is 0 Å². The number of hydrogen-bond donors (Lipinski definition) is 2. The van der Waals surface area contributed by atoms with Crippen molar-refractivity contribution in [1.82, 2.24) is 25.4 Å². The van der Waals surface area contributed by atoms with Gasteiger partial charge in [-0.1, -0.05) is 0 Å². The topological polar surface area (TPSA) is 67.1 Å². The van der Waals surface area contributed by atoms with Crippen molar-refractivity contribution in [2.75, 3.05) is 19.6 Å². The van der Waals surface area contributed by atoms with E-state index < -0.39 is 0 Å². The predicted molar refractivity (Wildman–Crippen MR) is 83.3 cm³/mol. The Morgan fingerprint density at radius 1 is 1.24 bits per heavy atom. The Hall–Kier alpha value is -1.59. The Kier molecular flexibility index (Phi) is 4.41. The zero-order valence-corrected chi connectivity index (χ0v) is 13.1. The van der Waals surface area contributed by atoms with E-state index in [-0.39, 0.29) is 0 Å². The van der Waals surface area contributed by atoms with Gasteiger partial charge in [0.25, 0.3) is 0 Å². The highest BCUT2D eigenvalue weighted by atomic mass is 15.3. The van der Waals surface area contributed by atoms with E-state index in [1.54, 1.807) is 0 Å². The third-order valence-electron chi connectivity index (χ3n) is 4.34. The molecule has 1 aromatic heterocycles. The second kappa shape index (κ2) is 6.45. The maximum atomic E-state index is 4.76. The Balaban J connectivity index is 1.54. The first-order chi connectivity index (χ1) is 10.3. The number of fused-ring (bicyclic) bond motifs is 1. The average Bonchev–Trinajstić information content (AvgIpc) is 3.26.